The summed E-state index contributed by atoms with van der Waals surface area (Å²) in [6.07, 6.45) is 2.57. The zero-order chi connectivity index (χ0) is 14.5. The molecule has 2 rings (SSSR count). The average Bonchev–Trinajstić information content (AvgIpc) is 2.77. The number of hydrogen-bond acceptors (Lipinski definition) is 3. The summed E-state index contributed by atoms with van der Waals surface area (Å²) in [4.78, 5) is 16.2. The second kappa shape index (κ2) is 6.56. The summed E-state index contributed by atoms with van der Waals surface area (Å²) in [6.45, 7) is 3.53. The summed E-state index contributed by atoms with van der Waals surface area (Å²) < 4.78 is 0.713. The zero-order valence-electron chi connectivity index (χ0n) is 11.2. The van der Waals surface area contributed by atoms with Gasteiger partial charge in [-0.05, 0) is 24.6 Å². The highest BCUT2D eigenvalue weighted by Gasteiger charge is 2.03. The molecule has 0 fully saturated rings. The van der Waals surface area contributed by atoms with Gasteiger partial charge in [-0.2, -0.15) is 0 Å². The van der Waals surface area contributed by atoms with Gasteiger partial charge in [0.2, 0.25) is 5.91 Å². The molecule has 0 aliphatic rings. The Morgan fingerprint density at radius 3 is 2.90 bits per heavy atom. The van der Waals surface area contributed by atoms with Crippen molar-refractivity contribution in [3.8, 4) is 11.8 Å². The van der Waals surface area contributed by atoms with Gasteiger partial charge < -0.3 is 5.32 Å². The Bertz CT molecular complexity index is 697. The van der Waals surface area contributed by atoms with E-state index in [1.807, 2.05) is 6.07 Å². The quantitative estimate of drug-likeness (QED) is 0.859. The van der Waals surface area contributed by atoms with Crippen molar-refractivity contribution in [2.24, 2.45) is 0 Å². The summed E-state index contributed by atoms with van der Waals surface area (Å²) in [7, 11) is 0. The van der Waals surface area contributed by atoms with E-state index in [2.05, 4.69) is 29.1 Å². The van der Waals surface area contributed by atoms with E-state index in [-0.39, 0.29) is 5.91 Å². The van der Waals surface area contributed by atoms with E-state index in [0.29, 0.717) is 10.2 Å². The van der Waals surface area contributed by atoms with Crippen LogP contribution in [-0.4, -0.2) is 10.9 Å². The number of nitrogens with zero attached hydrogens (tertiary/aromatic N) is 1. The Hall–Kier alpha value is -1.83. The van der Waals surface area contributed by atoms with Crippen molar-refractivity contribution in [1.29, 1.82) is 0 Å². The molecule has 1 N–H and O–H groups in total. The molecule has 0 unspecified atom stereocenters. The molecule has 0 aromatic carbocycles. The Morgan fingerprint density at radius 1 is 1.45 bits per heavy atom. The fourth-order valence-electron chi connectivity index (χ4n) is 1.57. The Balaban J connectivity index is 2.23. The highest BCUT2D eigenvalue weighted by atomic mass is 35.5. The highest BCUT2D eigenvalue weighted by Crippen LogP contribution is 2.27. The fraction of sp³-hybridized carbons (Fsp3) is 0.200. The highest BCUT2D eigenvalue weighted by molar-refractivity contribution is 7.16. The summed E-state index contributed by atoms with van der Waals surface area (Å²) in [5.41, 5.74) is 1.62. The van der Waals surface area contributed by atoms with E-state index in [1.165, 1.54) is 11.8 Å². The number of anilines is 1. The van der Waals surface area contributed by atoms with Crippen LogP contribution in [0.15, 0.2) is 24.4 Å². The van der Waals surface area contributed by atoms with E-state index < -0.39 is 0 Å². The van der Waals surface area contributed by atoms with Gasteiger partial charge in [-0.3, -0.25) is 4.79 Å². The van der Waals surface area contributed by atoms with Crippen LogP contribution in [0, 0.1) is 11.8 Å². The van der Waals surface area contributed by atoms with Gasteiger partial charge in [0.1, 0.15) is 10.2 Å². The number of aromatic nitrogens is 1. The maximum absolute atomic E-state index is 11.0. The van der Waals surface area contributed by atoms with E-state index in [0.717, 1.165) is 17.5 Å². The van der Waals surface area contributed by atoms with Gasteiger partial charge in [0.15, 0.2) is 0 Å². The number of halogens is 1. The maximum Gasteiger partial charge on any atom is 0.222 e. The minimum Gasteiger partial charge on any atom is -0.311 e. The Labute approximate surface area is 127 Å². The standard InChI is InChI=1S/C15H13ClN2OS/c1-3-13-9-12(15(16)20-13)5-4-11-6-7-17-14(8-11)18-10(2)19/h6-9H,3H2,1-2H3,(H,17,18,19). The SMILES string of the molecule is CCc1cc(C#Cc2ccnc(NC(C)=O)c2)c(Cl)s1. The van der Waals surface area contributed by atoms with Gasteiger partial charge in [-0.1, -0.05) is 30.4 Å². The molecule has 0 aliphatic heterocycles. The minimum absolute atomic E-state index is 0.156. The van der Waals surface area contributed by atoms with E-state index in [1.54, 1.807) is 29.7 Å². The van der Waals surface area contributed by atoms with E-state index in [9.17, 15) is 4.79 Å². The number of nitrogens with one attached hydrogen (secondary N) is 1. The van der Waals surface area contributed by atoms with Gasteiger partial charge in [0, 0.05) is 23.6 Å². The number of carbonyl (C=O) groups is 1. The van der Waals surface area contributed by atoms with Crippen LogP contribution in [0.3, 0.4) is 0 Å². The molecule has 3 nitrogen and oxygen atoms in total. The molecule has 0 radical (unpaired) electrons. The molecule has 20 heavy (non-hydrogen) atoms. The molecule has 5 heteroatoms. The van der Waals surface area contributed by atoms with Crippen molar-refractivity contribution in [2.75, 3.05) is 5.32 Å². The molecule has 102 valence electrons. The van der Waals surface area contributed by atoms with Crippen LogP contribution in [0.1, 0.15) is 29.9 Å². The number of pyridine rings is 1. The number of rotatable bonds is 2. The second-order valence-corrected chi connectivity index (χ2v) is 5.85. The topological polar surface area (TPSA) is 42.0 Å². The van der Waals surface area contributed by atoms with Crippen LogP contribution in [-0.2, 0) is 11.2 Å². The lowest BCUT2D eigenvalue weighted by Crippen LogP contribution is -2.07. The fourth-order valence-corrected chi connectivity index (χ4v) is 2.74. The number of thiophene rings is 1. The Morgan fingerprint density at radius 2 is 2.25 bits per heavy atom. The molecule has 1 amide bonds. The average molecular weight is 305 g/mol. The third-order valence-corrected chi connectivity index (χ3v) is 3.99. The van der Waals surface area contributed by atoms with Crippen molar-refractivity contribution in [3.05, 3.63) is 44.7 Å². The van der Waals surface area contributed by atoms with Crippen LogP contribution >= 0.6 is 22.9 Å². The smallest absolute Gasteiger partial charge is 0.222 e. The first-order chi connectivity index (χ1) is 9.58. The molecule has 0 saturated heterocycles. The molecule has 2 heterocycles. The minimum atomic E-state index is -0.156. The van der Waals surface area contributed by atoms with Crippen LogP contribution in [0.5, 0.6) is 0 Å². The van der Waals surface area contributed by atoms with Crippen LogP contribution in [0.25, 0.3) is 0 Å². The first kappa shape index (κ1) is 14.6. The van der Waals surface area contributed by atoms with Crippen molar-refractivity contribution >= 4 is 34.7 Å². The first-order valence-electron chi connectivity index (χ1n) is 6.12. The maximum atomic E-state index is 11.0. The van der Waals surface area contributed by atoms with Gasteiger partial charge in [0.05, 0.1) is 5.56 Å². The molecular formula is C15H13ClN2OS. The van der Waals surface area contributed by atoms with E-state index in [4.69, 9.17) is 11.6 Å². The third-order valence-electron chi connectivity index (χ3n) is 2.49. The molecule has 2 aromatic rings. The summed E-state index contributed by atoms with van der Waals surface area (Å²) in [5.74, 6) is 6.43. The first-order valence-corrected chi connectivity index (χ1v) is 7.31. The van der Waals surface area contributed by atoms with Gasteiger partial charge >= 0.3 is 0 Å². The van der Waals surface area contributed by atoms with Crippen molar-refractivity contribution in [3.63, 3.8) is 0 Å². The molecule has 0 spiro atoms. The van der Waals surface area contributed by atoms with Gasteiger partial charge in [-0.25, -0.2) is 4.98 Å². The molecule has 0 atom stereocenters. The van der Waals surface area contributed by atoms with Gasteiger partial charge in [-0.15, -0.1) is 11.3 Å². The summed E-state index contributed by atoms with van der Waals surface area (Å²) in [5, 5.41) is 2.63. The third kappa shape index (κ3) is 3.83. The molecule has 0 aliphatic carbocycles. The molecule has 2 aromatic heterocycles. The lowest BCUT2D eigenvalue weighted by molar-refractivity contribution is -0.114. The van der Waals surface area contributed by atoms with E-state index >= 15 is 0 Å². The summed E-state index contributed by atoms with van der Waals surface area (Å²) in [6, 6.07) is 5.53. The second-order valence-electron chi connectivity index (χ2n) is 4.11. The van der Waals surface area contributed by atoms with Crippen LogP contribution < -0.4 is 5.32 Å². The van der Waals surface area contributed by atoms with Crippen LogP contribution in [0.2, 0.25) is 4.34 Å². The lowest BCUT2D eigenvalue weighted by Gasteiger charge is -1.99. The van der Waals surface area contributed by atoms with Gasteiger partial charge in [0.25, 0.3) is 0 Å². The monoisotopic (exact) mass is 304 g/mol. The van der Waals surface area contributed by atoms with Crippen molar-refractivity contribution in [1.82, 2.24) is 4.98 Å². The lowest BCUT2D eigenvalue weighted by atomic mass is 10.2. The normalized spacial score (nSPS) is 9.75. The molecule has 0 bridgehead atoms. The number of aryl methyl sites for hydroxylation is 1. The zero-order valence-corrected chi connectivity index (χ0v) is 12.7. The number of carbonyl (C=O) groups excluding carboxylic acids is 1. The van der Waals surface area contributed by atoms with Crippen molar-refractivity contribution in [2.45, 2.75) is 20.3 Å². The predicted octanol–water partition coefficient (Wildman–Crippen LogP) is 3.72. The summed E-state index contributed by atoms with van der Waals surface area (Å²) >= 11 is 7.69. The number of amides is 1. The molecule has 0 saturated carbocycles. The van der Waals surface area contributed by atoms with Crippen molar-refractivity contribution < 1.29 is 4.79 Å². The largest absolute Gasteiger partial charge is 0.311 e. The Kier molecular flexibility index (Phi) is 4.78. The van der Waals surface area contributed by atoms with Crippen LogP contribution in [0.4, 0.5) is 5.82 Å². The predicted molar refractivity (Wildman–Crippen MR) is 83.2 cm³/mol. The molecular weight excluding hydrogens is 292 g/mol. The number of hydrogen-bond donors (Lipinski definition) is 1.